The maximum atomic E-state index is 6.15. The average Bonchev–Trinajstić information content (AvgIpc) is 2.72. The summed E-state index contributed by atoms with van der Waals surface area (Å²) in [6, 6.07) is 0.215. The average molecular weight is 213 g/mol. The molecule has 2 nitrogen and oxygen atoms in total. The molecule has 1 aliphatic carbocycles. The van der Waals surface area contributed by atoms with Crippen LogP contribution in [0.3, 0.4) is 0 Å². The first-order valence-electron chi connectivity index (χ1n) is 5.49. The predicted octanol–water partition coefficient (Wildman–Crippen LogP) is 1.95. The van der Waals surface area contributed by atoms with Crippen LogP contribution in [-0.4, -0.2) is 30.3 Å². The minimum absolute atomic E-state index is 0.215. The molecular weight excluding hydrogens is 194 g/mol. The molecule has 0 aromatic rings. The third kappa shape index (κ3) is 2.75. The first kappa shape index (κ1) is 10.5. The van der Waals surface area contributed by atoms with Crippen LogP contribution < -0.4 is 5.73 Å². The molecular formula is C11H19NOS. The van der Waals surface area contributed by atoms with Crippen LogP contribution in [0.2, 0.25) is 0 Å². The Morgan fingerprint density at radius 1 is 1.64 bits per heavy atom. The van der Waals surface area contributed by atoms with Crippen molar-refractivity contribution in [2.75, 3.05) is 18.1 Å². The molecule has 2 atom stereocenters. The van der Waals surface area contributed by atoms with Crippen molar-refractivity contribution in [2.45, 2.75) is 37.8 Å². The Labute approximate surface area is 90.3 Å². The summed E-state index contributed by atoms with van der Waals surface area (Å²) in [4.78, 5) is 0. The number of nitrogens with two attached hydrogens (primary N) is 1. The van der Waals surface area contributed by atoms with Crippen LogP contribution >= 0.6 is 11.8 Å². The standard InChI is InChI=1S/C11H19NOS/c12-10(7-9-3-1-2-4-9)11-8-14-6-5-13-11/h3,10-11H,1-2,4-8,12H2. The smallest absolute Gasteiger partial charge is 0.0819 e. The summed E-state index contributed by atoms with van der Waals surface area (Å²) in [7, 11) is 0. The maximum absolute atomic E-state index is 6.15. The van der Waals surface area contributed by atoms with E-state index in [9.17, 15) is 0 Å². The molecule has 80 valence electrons. The molecule has 2 N–H and O–H groups in total. The summed E-state index contributed by atoms with van der Waals surface area (Å²) in [5, 5.41) is 0. The molecule has 0 aromatic carbocycles. The minimum atomic E-state index is 0.215. The predicted molar refractivity (Wildman–Crippen MR) is 61.6 cm³/mol. The summed E-state index contributed by atoms with van der Waals surface area (Å²) in [6.45, 7) is 0.877. The lowest BCUT2D eigenvalue weighted by atomic mass is 10.0. The lowest BCUT2D eigenvalue weighted by Gasteiger charge is -2.27. The van der Waals surface area contributed by atoms with E-state index in [1.165, 1.54) is 19.3 Å². The topological polar surface area (TPSA) is 35.2 Å². The molecule has 0 spiro atoms. The molecule has 0 bridgehead atoms. The van der Waals surface area contributed by atoms with Crippen molar-refractivity contribution in [3.05, 3.63) is 11.6 Å². The van der Waals surface area contributed by atoms with E-state index in [4.69, 9.17) is 10.5 Å². The number of hydrogen-bond acceptors (Lipinski definition) is 3. The molecule has 2 rings (SSSR count). The molecule has 0 radical (unpaired) electrons. The van der Waals surface area contributed by atoms with Gasteiger partial charge in [0, 0.05) is 17.5 Å². The highest BCUT2D eigenvalue weighted by molar-refractivity contribution is 7.99. The normalized spacial score (nSPS) is 30.1. The van der Waals surface area contributed by atoms with Crippen molar-refractivity contribution in [1.29, 1.82) is 0 Å². The van der Waals surface area contributed by atoms with Gasteiger partial charge in [-0.1, -0.05) is 11.6 Å². The van der Waals surface area contributed by atoms with Crippen molar-refractivity contribution >= 4 is 11.8 Å². The first-order valence-corrected chi connectivity index (χ1v) is 6.64. The largest absolute Gasteiger partial charge is 0.375 e. The zero-order valence-electron chi connectivity index (χ0n) is 8.58. The number of hydrogen-bond donors (Lipinski definition) is 1. The summed E-state index contributed by atoms with van der Waals surface area (Å²) < 4.78 is 5.68. The number of allylic oxidation sites excluding steroid dienone is 1. The van der Waals surface area contributed by atoms with E-state index in [-0.39, 0.29) is 12.1 Å². The van der Waals surface area contributed by atoms with Gasteiger partial charge in [-0.2, -0.15) is 11.8 Å². The highest BCUT2D eigenvalue weighted by atomic mass is 32.2. The highest BCUT2D eigenvalue weighted by Gasteiger charge is 2.22. The van der Waals surface area contributed by atoms with E-state index in [2.05, 4.69) is 6.08 Å². The second-order valence-electron chi connectivity index (χ2n) is 4.11. The van der Waals surface area contributed by atoms with Crippen LogP contribution in [0.25, 0.3) is 0 Å². The molecule has 1 fully saturated rings. The number of ether oxygens (including phenoxy) is 1. The van der Waals surface area contributed by atoms with Crippen molar-refractivity contribution in [2.24, 2.45) is 5.73 Å². The second-order valence-corrected chi connectivity index (χ2v) is 5.26. The van der Waals surface area contributed by atoms with Gasteiger partial charge in [0.15, 0.2) is 0 Å². The Morgan fingerprint density at radius 2 is 2.57 bits per heavy atom. The number of rotatable bonds is 3. The van der Waals surface area contributed by atoms with Gasteiger partial charge in [0.2, 0.25) is 0 Å². The van der Waals surface area contributed by atoms with Gasteiger partial charge in [-0.15, -0.1) is 0 Å². The third-order valence-corrected chi connectivity index (χ3v) is 3.97. The Bertz CT molecular complexity index is 211. The van der Waals surface area contributed by atoms with Crippen molar-refractivity contribution in [3.63, 3.8) is 0 Å². The van der Waals surface area contributed by atoms with Gasteiger partial charge in [0.1, 0.15) is 0 Å². The van der Waals surface area contributed by atoms with Gasteiger partial charge in [-0.25, -0.2) is 0 Å². The molecule has 3 heteroatoms. The first-order chi connectivity index (χ1) is 6.86. The van der Waals surface area contributed by atoms with Crippen LogP contribution in [-0.2, 0) is 4.74 Å². The second kappa shape index (κ2) is 5.19. The number of thioether (sulfide) groups is 1. The zero-order valence-corrected chi connectivity index (χ0v) is 9.39. The summed E-state index contributed by atoms with van der Waals surface area (Å²) in [5.74, 6) is 2.21. The van der Waals surface area contributed by atoms with Gasteiger partial charge in [-0.05, 0) is 25.7 Å². The van der Waals surface area contributed by atoms with Crippen LogP contribution in [0, 0.1) is 0 Å². The SMILES string of the molecule is NC(CC1=CCCC1)C1CSCCO1. The summed E-state index contributed by atoms with van der Waals surface area (Å²) in [6.07, 6.45) is 7.52. The molecule has 0 amide bonds. The molecule has 1 heterocycles. The van der Waals surface area contributed by atoms with E-state index in [1.54, 1.807) is 5.57 Å². The van der Waals surface area contributed by atoms with Gasteiger partial charge in [0.05, 0.1) is 12.7 Å². The van der Waals surface area contributed by atoms with Gasteiger partial charge in [-0.3, -0.25) is 0 Å². The fourth-order valence-electron chi connectivity index (χ4n) is 2.11. The highest BCUT2D eigenvalue weighted by Crippen LogP contribution is 2.24. The van der Waals surface area contributed by atoms with Crippen molar-refractivity contribution in [1.82, 2.24) is 0 Å². The molecule has 0 saturated carbocycles. The van der Waals surface area contributed by atoms with Gasteiger partial charge in [0.25, 0.3) is 0 Å². The molecule has 14 heavy (non-hydrogen) atoms. The van der Waals surface area contributed by atoms with E-state index in [1.807, 2.05) is 11.8 Å². The Morgan fingerprint density at radius 3 is 3.21 bits per heavy atom. The molecule has 0 aromatic heterocycles. The van der Waals surface area contributed by atoms with Crippen LogP contribution in [0.1, 0.15) is 25.7 Å². The van der Waals surface area contributed by atoms with E-state index >= 15 is 0 Å². The fraction of sp³-hybridized carbons (Fsp3) is 0.818. The lowest BCUT2D eigenvalue weighted by Crippen LogP contribution is -2.41. The summed E-state index contributed by atoms with van der Waals surface area (Å²) in [5.41, 5.74) is 7.70. The monoisotopic (exact) mass is 213 g/mol. The fourth-order valence-corrected chi connectivity index (χ4v) is 3.07. The van der Waals surface area contributed by atoms with Crippen molar-refractivity contribution < 1.29 is 4.74 Å². The van der Waals surface area contributed by atoms with Gasteiger partial charge < -0.3 is 10.5 Å². The molecule has 1 aliphatic heterocycles. The Kier molecular flexibility index (Phi) is 3.90. The third-order valence-electron chi connectivity index (χ3n) is 2.95. The quantitative estimate of drug-likeness (QED) is 0.728. The van der Waals surface area contributed by atoms with E-state index < -0.39 is 0 Å². The van der Waals surface area contributed by atoms with E-state index in [0.29, 0.717) is 0 Å². The Hall–Kier alpha value is 0.01000. The van der Waals surface area contributed by atoms with Crippen LogP contribution in [0.15, 0.2) is 11.6 Å². The zero-order chi connectivity index (χ0) is 9.80. The van der Waals surface area contributed by atoms with Gasteiger partial charge >= 0.3 is 0 Å². The Balaban J connectivity index is 1.78. The maximum Gasteiger partial charge on any atom is 0.0819 e. The molecule has 2 unspecified atom stereocenters. The minimum Gasteiger partial charge on any atom is -0.375 e. The summed E-state index contributed by atoms with van der Waals surface area (Å²) >= 11 is 1.96. The lowest BCUT2D eigenvalue weighted by molar-refractivity contribution is 0.0571. The van der Waals surface area contributed by atoms with Crippen LogP contribution in [0.5, 0.6) is 0 Å². The molecule has 2 aliphatic rings. The molecule has 1 saturated heterocycles. The van der Waals surface area contributed by atoms with Crippen molar-refractivity contribution in [3.8, 4) is 0 Å². The van der Waals surface area contributed by atoms with Crippen LogP contribution in [0.4, 0.5) is 0 Å². The van der Waals surface area contributed by atoms with E-state index in [0.717, 1.165) is 24.5 Å².